The molecule has 0 rings (SSSR count). The predicted octanol–water partition coefficient (Wildman–Crippen LogP) is -4.07. The van der Waals surface area contributed by atoms with Gasteiger partial charge >= 0.3 is 126 Å². The average Bonchev–Trinajstić information content (AvgIpc) is 1.50. The molecule has 0 aromatic carbocycles. The topological polar surface area (TPSA) is 54.4 Å². The first-order valence-electron chi connectivity index (χ1n) is 2.16. The van der Waals surface area contributed by atoms with Crippen LogP contribution in [0.4, 0.5) is 30.4 Å². The summed E-state index contributed by atoms with van der Waals surface area (Å²) in [6.07, 6.45) is 0. The maximum Gasteiger partial charge on any atom is 1.00 e. The van der Waals surface area contributed by atoms with E-state index in [1.807, 2.05) is 0 Å². The van der Waals surface area contributed by atoms with E-state index >= 15 is 0 Å². The van der Waals surface area contributed by atoms with Gasteiger partial charge in [0.2, 0.25) is 0 Å². The van der Waals surface area contributed by atoms with Gasteiger partial charge in [0.15, 0.2) is 0 Å². The first-order valence-corrected chi connectivity index (χ1v) is 3.60. The maximum atomic E-state index is 10.7. The van der Waals surface area contributed by atoms with Gasteiger partial charge in [0.1, 0.15) is 0 Å². The minimum atomic E-state index is -6.00. The van der Waals surface area contributed by atoms with Crippen LogP contribution >= 0.6 is 0 Å². The molecule has 0 radical (unpaired) electrons. The standard InChI is InChI=1S/CHF3O3S.BF4.2K.2H/c2-1(3,4)8(5,6)7;2-1(3,4)5;;;;/h(H,5,6,7);;;;;/q;-1;2*+1;2*-1. The zero-order valence-corrected chi connectivity index (χ0v) is 14.5. The van der Waals surface area contributed by atoms with E-state index in [4.69, 9.17) is 13.0 Å². The van der Waals surface area contributed by atoms with Crippen molar-refractivity contribution in [3.63, 3.8) is 0 Å². The SMILES string of the molecule is F[B-](F)(F)F.O=S(=O)(O)C(F)(F)F.[H-].[H-].[K+].[K+]. The van der Waals surface area contributed by atoms with Crippen LogP contribution < -0.4 is 103 Å². The number of hydrogen-bond donors (Lipinski definition) is 1. The number of alkyl halides is 3. The van der Waals surface area contributed by atoms with Crippen LogP contribution in [0.15, 0.2) is 0 Å². The van der Waals surface area contributed by atoms with Crippen LogP contribution in [0.5, 0.6) is 0 Å². The van der Waals surface area contributed by atoms with Crippen LogP contribution in [0.2, 0.25) is 0 Å². The van der Waals surface area contributed by atoms with E-state index in [2.05, 4.69) is 0 Å². The van der Waals surface area contributed by atoms with Crippen molar-refractivity contribution in [3.8, 4) is 0 Å². The zero-order chi connectivity index (χ0) is 11.5. The van der Waals surface area contributed by atoms with Crippen molar-refractivity contribution < 1.29 is 149 Å². The van der Waals surface area contributed by atoms with Crippen LogP contribution in [-0.2, 0) is 10.1 Å². The molecule has 0 aromatic rings. The van der Waals surface area contributed by atoms with Crippen molar-refractivity contribution in [1.29, 1.82) is 0 Å². The van der Waals surface area contributed by atoms with Gasteiger partial charge in [-0.25, -0.2) is 0 Å². The fourth-order valence-electron chi connectivity index (χ4n) is 0. The molecule has 0 aliphatic carbocycles. The Kier molecular flexibility index (Phi) is 17.0. The summed E-state index contributed by atoms with van der Waals surface area (Å²) in [5.41, 5.74) is -5.53. The Morgan fingerprint density at radius 2 is 1.07 bits per heavy atom. The van der Waals surface area contributed by atoms with Crippen LogP contribution in [-0.4, -0.2) is 25.7 Å². The van der Waals surface area contributed by atoms with Crippen molar-refractivity contribution in [1.82, 2.24) is 0 Å². The fourth-order valence-corrected chi connectivity index (χ4v) is 0. The van der Waals surface area contributed by atoms with E-state index in [1.165, 1.54) is 0 Å². The molecule has 0 heterocycles. The average molecular weight is 317 g/mol. The van der Waals surface area contributed by atoms with Gasteiger partial charge in [-0.3, -0.25) is 4.55 Å². The summed E-state index contributed by atoms with van der Waals surface area (Å²) in [6.45, 7) is 0. The number of halogens is 7. The van der Waals surface area contributed by atoms with Gasteiger partial charge in [-0.05, 0) is 0 Å². The second-order valence-electron chi connectivity index (χ2n) is 1.42. The number of hydrogen-bond acceptors (Lipinski definition) is 2. The Hall–Kier alpha value is 2.76. The van der Waals surface area contributed by atoms with Crippen LogP contribution in [0.25, 0.3) is 0 Å². The third-order valence-corrected chi connectivity index (χ3v) is 0.877. The molecular weight excluding hydrogens is 314 g/mol. The molecule has 0 spiro atoms. The largest absolute Gasteiger partial charge is 1.00 e. The normalized spacial score (nSPS) is 11.5. The summed E-state index contributed by atoms with van der Waals surface area (Å²) in [7, 11) is -11.8. The Balaban J connectivity index is -0.0000000306. The zero-order valence-electron chi connectivity index (χ0n) is 9.40. The molecule has 0 bridgehead atoms. The first-order chi connectivity index (χ1) is 5.25. The smallest absolute Gasteiger partial charge is 1.00 e. The molecule has 0 aromatic heterocycles. The Labute approximate surface area is 168 Å². The van der Waals surface area contributed by atoms with E-state index in [9.17, 15) is 30.4 Å². The molecule has 0 aliphatic rings. The quantitative estimate of drug-likeness (QED) is 0.214. The van der Waals surface area contributed by atoms with Gasteiger partial charge in [0, 0.05) is 0 Å². The summed E-state index contributed by atoms with van der Waals surface area (Å²) >= 11 is 0. The molecule has 0 saturated heterocycles. The Bertz CT molecular complexity index is 247. The fraction of sp³-hybridized carbons (Fsp3) is 1.00. The maximum absolute atomic E-state index is 10.7. The predicted molar refractivity (Wildman–Crippen MR) is 30.0 cm³/mol. The molecule has 1 N–H and O–H groups in total. The summed E-state index contributed by atoms with van der Waals surface area (Å²) in [5.74, 6) is 0. The molecule has 14 heteroatoms. The van der Waals surface area contributed by atoms with Gasteiger partial charge in [0.05, 0.1) is 0 Å². The van der Waals surface area contributed by atoms with E-state index in [0.29, 0.717) is 0 Å². The molecular formula is CH3BF7K2O3S-. The summed E-state index contributed by atoms with van der Waals surface area (Å²) in [4.78, 5) is 0. The second kappa shape index (κ2) is 9.66. The minimum Gasteiger partial charge on any atom is -1.00 e. The van der Waals surface area contributed by atoms with Crippen molar-refractivity contribution in [2.45, 2.75) is 5.51 Å². The second-order valence-corrected chi connectivity index (χ2v) is 2.83. The summed E-state index contributed by atoms with van der Waals surface area (Å²) < 4.78 is 96.5. The first kappa shape index (κ1) is 26.3. The third-order valence-electron chi connectivity index (χ3n) is 0.292. The van der Waals surface area contributed by atoms with Crippen LogP contribution in [0.3, 0.4) is 0 Å². The van der Waals surface area contributed by atoms with Crippen molar-refractivity contribution in [3.05, 3.63) is 0 Å². The van der Waals surface area contributed by atoms with E-state index in [0.717, 1.165) is 0 Å². The van der Waals surface area contributed by atoms with Gasteiger partial charge in [0.25, 0.3) is 0 Å². The van der Waals surface area contributed by atoms with Gasteiger partial charge in [-0.1, -0.05) is 0 Å². The Morgan fingerprint density at radius 3 is 1.07 bits per heavy atom. The molecule has 86 valence electrons. The third kappa shape index (κ3) is 26.4. The molecule has 0 aliphatic heterocycles. The number of rotatable bonds is 0. The minimum absolute atomic E-state index is 0. The van der Waals surface area contributed by atoms with Crippen molar-refractivity contribution >= 4 is 17.4 Å². The van der Waals surface area contributed by atoms with E-state index < -0.39 is 22.9 Å². The van der Waals surface area contributed by atoms with Gasteiger partial charge in [-0.15, -0.1) is 0 Å². The summed E-state index contributed by atoms with van der Waals surface area (Å²) in [5, 5.41) is 0. The van der Waals surface area contributed by atoms with Gasteiger partial charge in [-0.2, -0.15) is 21.6 Å². The summed E-state index contributed by atoms with van der Waals surface area (Å²) in [6, 6.07) is 0. The molecule has 0 unspecified atom stereocenters. The van der Waals surface area contributed by atoms with E-state index in [-0.39, 0.29) is 106 Å². The van der Waals surface area contributed by atoms with Crippen molar-refractivity contribution in [2.75, 3.05) is 0 Å². The monoisotopic (exact) mass is 317 g/mol. The van der Waals surface area contributed by atoms with Gasteiger partial charge < -0.3 is 20.1 Å². The molecule has 3 nitrogen and oxygen atoms in total. The molecule has 0 fully saturated rings. The molecule has 0 amide bonds. The van der Waals surface area contributed by atoms with Crippen LogP contribution in [0, 0.1) is 0 Å². The van der Waals surface area contributed by atoms with E-state index in [1.54, 1.807) is 0 Å². The molecule has 15 heavy (non-hydrogen) atoms. The Morgan fingerprint density at radius 1 is 1.00 bits per heavy atom. The molecule has 0 atom stereocenters. The van der Waals surface area contributed by atoms with Crippen molar-refractivity contribution in [2.24, 2.45) is 0 Å². The van der Waals surface area contributed by atoms with Crippen LogP contribution in [0.1, 0.15) is 2.85 Å². The molecule has 0 saturated carbocycles.